The average molecular weight is 228 g/mol. The first-order chi connectivity index (χ1) is 7.59. The van der Waals surface area contributed by atoms with Gasteiger partial charge in [0.25, 0.3) is 0 Å². The summed E-state index contributed by atoms with van der Waals surface area (Å²) in [5, 5.41) is 8.46. The summed E-state index contributed by atoms with van der Waals surface area (Å²) >= 11 is 0. The third-order valence-electron chi connectivity index (χ3n) is 2.89. The van der Waals surface area contributed by atoms with Crippen molar-refractivity contribution in [3.8, 4) is 0 Å². The number of unbranched alkanes of at least 4 members (excludes halogenated alkanes) is 1. The lowest BCUT2D eigenvalue weighted by Gasteiger charge is -2.32. The van der Waals surface area contributed by atoms with Gasteiger partial charge in [0.05, 0.1) is 0 Å². The highest BCUT2D eigenvalue weighted by molar-refractivity contribution is 5.76. The summed E-state index contributed by atoms with van der Waals surface area (Å²) < 4.78 is 0. The lowest BCUT2D eigenvalue weighted by atomic mass is 10.1. The molecular formula is C11H20N2O3. The Morgan fingerprint density at radius 3 is 2.19 bits per heavy atom. The Balaban J connectivity index is 2.12. The Morgan fingerprint density at radius 1 is 1.06 bits per heavy atom. The molecule has 0 radical (unpaired) electrons. The van der Waals surface area contributed by atoms with Crippen molar-refractivity contribution in [2.75, 3.05) is 33.2 Å². The van der Waals surface area contributed by atoms with Crippen LogP contribution in [-0.2, 0) is 9.59 Å². The van der Waals surface area contributed by atoms with Gasteiger partial charge in [-0.2, -0.15) is 0 Å². The van der Waals surface area contributed by atoms with Crippen molar-refractivity contribution in [3.05, 3.63) is 0 Å². The number of carboxylic acids is 1. The number of carbonyl (C=O) groups excluding carboxylic acids is 1. The number of amides is 1. The predicted octanol–water partition coefficient (Wildman–Crippen LogP) is 0.405. The van der Waals surface area contributed by atoms with E-state index in [4.69, 9.17) is 5.11 Å². The molecular weight excluding hydrogens is 208 g/mol. The van der Waals surface area contributed by atoms with Gasteiger partial charge in [-0.15, -0.1) is 0 Å². The highest BCUT2D eigenvalue weighted by Crippen LogP contribution is 2.06. The maximum absolute atomic E-state index is 11.7. The molecule has 0 unspecified atom stereocenters. The van der Waals surface area contributed by atoms with Gasteiger partial charge in [-0.05, 0) is 19.9 Å². The van der Waals surface area contributed by atoms with Gasteiger partial charge in [-0.3, -0.25) is 9.59 Å². The van der Waals surface area contributed by atoms with Crippen LogP contribution in [0.1, 0.15) is 25.7 Å². The Kier molecular flexibility index (Phi) is 5.25. The van der Waals surface area contributed by atoms with Crippen molar-refractivity contribution >= 4 is 11.9 Å². The molecule has 5 nitrogen and oxygen atoms in total. The molecule has 1 heterocycles. The molecule has 1 saturated heterocycles. The lowest BCUT2D eigenvalue weighted by molar-refractivity contribution is -0.137. The summed E-state index contributed by atoms with van der Waals surface area (Å²) in [6.07, 6.45) is 1.92. The SMILES string of the molecule is CN1CCN(C(=O)CCCCC(=O)O)CC1. The van der Waals surface area contributed by atoms with Gasteiger partial charge in [0, 0.05) is 39.0 Å². The van der Waals surface area contributed by atoms with E-state index in [1.54, 1.807) is 0 Å². The van der Waals surface area contributed by atoms with Crippen LogP contribution in [0.2, 0.25) is 0 Å². The third-order valence-corrected chi connectivity index (χ3v) is 2.89. The highest BCUT2D eigenvalue weighted by atomic mass is 16.4. The molecule has 0 aliphatic carbocycles. The van der Waals surface area contributed by atoms with E-state index in [1.807, 2.05) is 4.90 Å². The largest absolute Gasteiger partial charge is 0.481 e. The molecule has 0 saturated carbocycles. The van der Waals surface area contributed by atoms with Gasteiger partial charge in [-0.25, -0.2) is 0 Å². The van der Waals surface area contributed by atoms with Crippen molar-refractivity contribution in [3.63, 3.8) is 0 Å². The Labute approximate surface area is 96.0 Å². The summed E-state index contributed by atoms with van der Waals surface area (Å²) in [5.74, 6) is -0.620. The molecule has 0 aromatic carbocycles. The minimum absolute atomic E-state index is 0.163. The van der Waals surface area contributed by atoms with Crippen LogP contribution in [0.4, 0.5) is 0 Å². The zero-order chi connectivity index (χ0) is 12.0. The Bertz CT molecular complexity index is 248. The summed E-state index contributed by atoms with van der Waals surface area (Å²) in [5.41, 5.74) is 0. The van der Waals surface area contributed by atoms with Crippen molar-refractivity contribution < 1.29 is 14.7 Å². The first-order valence-electron chi connectivity index (χ1n) is 5.77. The molecule has 1 rings (SSSR count). The fraction of sp³-hybridized carbons (Fsp3) is 0.818. The molecule has 92 valence electrons. The number of likely N-dealkylation sites (N-methyl/N-ethyl adjacent to an activating group) is 1. The number of nitrogens with zero attached hydrogens (tertiary/aromatic N) is 2. The second-order valence-electron chi connectivity index (χ2n) is 4.28. The fourth-order valence-corrected chi connectivity index (χ4v) is 1.77. The fourth-order valence-electron chi connectivity index (χ4n) is 1.77. The number of piperazine rings is 1. The molecule has 1 fully saturated rings. The molecule has 0 aromatic heterocycles. The van der Waals surface area contributed by atoms with Gasteiger partial charge < -0.3 is 14.9 Å². The number of carbonyl (C=O) groups is 2. The van der Waals surface area contributed by atoms with E-state index < -0.39 is 5.97 Å². The topological polar surface area (TPSA) is 60.9 Å². The van der Waals surface area contributed by atoms with E-state index in [9.17, 15) is 9.59 Å². The molecule has 0 bridgehead atoms. The molecule has 0 atom stereocenters. The van der Waals surface area contributed by atoms with E-state index in [1.165, 1.54) is 0 Å². The zero-order valence-electron chi connectivity index (χ0n) is 9.81. The van der Waals surface area contributed by atoms with E-state index in [2.05, 4.69) is 11.9 Å². The quantitative estimate of drug-likeness (QED) is 0.692. The molecule has 1 N–H and O–H groups in total. The van der Waals surface area contributed by atoms with E-state index in [0.29, 0.717) is 19.3 Å². The van der Waals surface area contributed by atoms with Crippen LogP contribution >= 0.6 is 0 Å². The standard InChI is InChI=1S/C11H20N2O3/c1-12-6-8-13(9-7-12)10(14)4-2-3-5-11(15)16/h2-9H2,1H3,(H,15,16). The predicted molar refractivity (Wildman–Crippen MR) is 60.2 cm³/mol. The van der Waals surface area contributed by atoms with E-state index >= 15 is 0 Å². The molecule has 1 aliphatic rings. The van der Waals surface area contributed by atoms with Gasteiger partial charge in [-0.1, -0.05) is 0 Å². The summed E-state index contributed by atoms with van der Waals surface area (Å²) in [7, 11) is 2.05. The lowest BCUT2D eigenvalue weighted by Crippen LogP contribution is -2.47. The average Bonchev–Trinajstić information content (AvgIpc) is 2.25. The van der Waals surface area contributed by atoms with Crippen molar-refractivity contribution in [2.45, 2.75) is 25.7 Å². The van der Waals surface area contributed by atoms with Crippen LogP contribution in [0.15, 0.2) is 0 Å². The minimum atomic E-state index is -0.785. The molecule has 1 amide bonds. The number of carboxylic acid groups (broad SMARTS) is 1. The maximum atomic E-state index is 11.7. The molecule has 5 heteroatoms. The number of rotatable bonds is 5. The second-order valence-corrected chi connectivity index (χ2v) is 4.28. The highest BCUT2D eigenvalue weighted by Gasteiger charge is 2.18. The number of hydrogen-bond acceptors (Lipinski definition) is 3. The van der Waals surface area contributed by atoms with Gasteiger partial charge >= 0.3 is 5.97 Å². The van der Waals surface area contributed by atoms with Crippen LogP contribution in [0.5, 0.6) is 0 Å². The summed E-state index contributed by atoms with van der Waals surface area (Å²) in [4.78, 5) is 26.1. The van der Waals surface area contributed by atoms with Crippen LogP contribution in [-0.4, -0.2) is 60.0 Å². The van der Waals surface area contributed by atoms with E-state index in [-0.39, 0.29) is 12.3 Å². The number of aliphatic carboxylic acids is 1. The van der Waals surface area contributed by atoms with E-state index in [0.717, 1.165) is 26.2 Å². The Morgan fingerprint density at radius 2 is 1.62 bits per heavy atom. The second kappa shape index (κ2) is 6.48. The van der Waals surface area contributed by atoms with Crippen LogP contribution in [0, 0.1) is 0 Å². The van der Waals surface area contributed by atoms with Crippen LogP contribution < -0.4 is 0 Å². The van der Waals surface area contributed by atoms with Crippen LogP contribution in [0.3, 0.4) is 0 Å². The Hall–Kier alpha value is -1.10. The monoisotopic (exact) mass is 228 g/mol. The normalized spacial score (nSPS) is 17.4. The summed E-state index contributed by atoms with van der Waals surface area (Å²) in [6.45, 7) is 3.46. The first-order valence-corrected chi connectivity index (χ1v) is 5.77. The van der Waals surface area contributed by atoms with Crippen molar-refractivity contribution in [2.24, 2.45) is 0 Å². The van der Waals surface area contributed by atoms with Crippen molar-refractivity contribution in [1.29, 1.82) is 0 Å². The summed E-state index contributed by atoms with van der Waals surface area (Å²) in [6, 6.07) is 0. The van der Waals surface area contributed by atoms with Crippen molar-refractivity contribution in [1.82, 2.24) is 9.80 Å². The molecule has 0 aromatic rings. The smallest absolute Gasteiger partial charge is 0.303 e. The number of hydrogen-bond donors (Lipinski definition) is 1. The van der Waals surface area contributed by atoms with Crippen LogP contribution in [0.25, 0.3) is 0 Å². The van der Waals surface area contributed by atoms with Gasteiger partial charge in [0.15, 0.2) is 0 Å². The maximum Gasteiger partial charge on any atom is 0.303 e. The molecule has 0 spiro atoms. The first kappa shape index (κ1) is 13.0. The zero-order valence-corrected chi connectivity index (χ0v) is 9.81. The molecule has 16 heavy (non-hydrogen) atoms. The van der Waals surface area contributed by atoms with Gasteiger partial charge in [0.1, 0.15) is 0 Å². The minimum Gasteiger partial charge on any atom is -0.481 e. The third kappa shape index (κ3) is 4.61. The molecule has 1 aliphatic heterocycles. The van der Waals surface area contributed by atoms with Gasteiger partial charge in [0.2, 0.25) is 5.91 Å².